The van der Waals surface area contributed by atoms with Crippen LogP contribution in [0.5, 0.6) is 11.5 Å². The summed E-state index contributed by atoms with van der Waals surface area (Å²) in [7, 11) is 0. The summed E-state index contributed by atoms with van der Waals surface area (Å²) < 4.78 is 5.59. The number of nitrogens with zero attached hydrogens (tertiary/aromatic N) is 2. The van der Waals surface area contributed by atoms with Gasteiger partial charge in [0.2, 0.25) is 0 Å². The van der Waals surface area contributed by atoms with Crippen molar-refractivity contribution < 1.29 is 19.4 Å². The van der Waals surface area contributed by atoms with Crippen LogP contribution >= 0.6 is 0 Å². The van der Waals surface area contributed by atoms with Crippen LogP contribution in [-0.2, 0) is 0 Å². The Morgan fingerprint density at radius 2 is 1.57 bits per heavy atom. The summed E-state index contributed by atoms with van der Waals surface area (Å²) in [6.45, 7) is 5.61. The lowest BCUT2D eigenvalue weighted by Crippen LogP contribution is -2.51. The van der Waals surface area contributed by atoms with E-state index in [1.165, 1.54) is 6.07 Å². The van der Waals surface area contributed by atoms with Crippen LogP contribution in [-0.4, -0.2) is 59.1 Å². The molecular formula is C21H25N3O4. The van der Waals surface area contributed by atoms with E-state index in [-0.39, 0.29) is 29.4 Å². The number of phenols is 1. The Balaban J connectivity index is 1.52. The van der Waals surface area contributed by atoms with Gasteiger partial charge in [0.25, 0.3) is 5.91 Å². The third-order valence-corrected chi connectivity index (χ3v) is 4.47. The van der Waals surface area contributed by atoms with E-state index in [1.807, 2.05) is 26.0 Å². The van der Waals surface area contributed by atoms with Gasteiger partial charge >= 0.3 is 6.03 Å². The molecule has 3 rings (SSSR count). The largest absolute Gasteiger partial charge is 0.507 e. The summed E-state index contributed by atoms with van der Waals surface area (Å²) >= 11 is 0. The Labute approximate surface area is 164 Å². The zero-order chi connectivity index (χ0) is 20.1. The van der Waals surface area contributed by atoms with Crippen LogP contribution < -0.4 is 10.1 Å². The summed E-state index contributed by atoms with van der Waals surface area (Å²) in [5, 5.41) is 12.7. The molecule has 0 radical (unpaired) electrons. The first-order chi connectivity index (χ1) is 13.4. The summed E-state index contributed by atoms with van der Waals surface area (Å²) in [5.74, 6) is 0.501. The number of anilines is 1. The Bertz CT molecular complexity index is 828. The molecule has 28 heavy (non-hydrogen) atoms. The van der Waals surface area contributed by atoms with E-state index in [4.69, 9.17) is 4.74 Å². The molecule has 0 aromatic heterocycles. The van der Waals surface area contributed by atoms with Crippen molar-refractivity contribution in [2.45, 2.75) is 20.0 Å². The standard InChI is InChI=1S/C21H25N3O4/c1-15(2)28-17-9-7-16(8-10-17)22-21(27)24-13-11-23(12-14-24)20(26)18-5-3-4-6-19(18)25/h3-10,15,25H,11-14H2,1-2H3,(H,22,27). The predicted octanol–water partition coefficient (Wildman–Crippen LogP) is 3.17. The van der Waals surface area contributed by atoms with Gasteiger partial charge in [0.15, 0.2) is 0 Å². The molecule has 1 aliphatic heterocycles. The minimum absolute atomic E-state index is 0.0300. The van der Waals surface area contributed by atoms with E-state index in [0.717, 1.165) is 5.75 Å². The van der Waals surface area contributed by atoms with E-state index >= 15 is 0 Å². The molecule has 7 nitrogen and oxygen atoms in total. The number of rotatable bonds is 4. The highest BCUT2D eigenvalue weighted by Crippen LogP contribution is 2.20. The summed E-state index contributed by atoms with van der Waals surface area (Å²) in [5.41, 5.74) is 0.970. The monoisotopic (exact) mass is 383 g/mol. The first-order valence-corrected chi connectivity index (χ1v) is 9.34. The fourth-order valence-electron chi connectivity index (χ4n) is 3.03. The van der Waals surface area contributed by atoms with Crippen LogP contribution in [0.4, 0.5) is 10.5 Å². The zero-order valence-electron chi connectivity index (χ0n) is 16.1. The van der Waals surface area contributed by atoms with Crippen molar-refractivity contribution >= 4 is 17.6 Å². The molecular weight excluding hydrogens is 358 g/mol. The van der Waals surface area contributed by atoms with Gasteiger partial charge in [-0.2, -0.15) is 0 Å². The van der Waals surface area contributed by atoms with Gasteiger partial charge in [0.05, 0.1) is 11.7 Å². The molecule has 148 valence electrons. The molecule has 1 aliphatic rings. The highest BCUT2D eigenvalue weighted by Gasteiger charge is 2.26. The van der Waals surface area contributed by atoms with Crippen LogP contribution in [0.2, 0.25) is 0 Å². The van der Waals surface area contributed by atoms with Crippen molar-refractivity contribution in [1.82, 2.24) is 9.80 Å². The average Bonchev–Trinajstić information content (AvgIpc) is 2.69. The number of benzene rings is 2. The Kier molecular flexibility index (Phi) is 6.03. The van der Waals surface area contributed by atoms with Gasteiger partial charge in [-0.1, -0.05) is 12.1 Å². The van der Waals surface area contributed by atoms with Gasteiger partial charge in [-0.05, 0) is 50.2 Å². The van der Waals surface area contributed by atoms with E-state index < -0.39 is 0 Å². The maximum absolute atomic E-state index is 12.5. The fourth-order valence-corrected chi connectivity index (χ4v) is 3.03. The SMILES string of the molecule is CC(C)Oc1ccc(NC(=O)N2CCN(C(=O)c3ccccc3O)CC2)cc1. The molecule has 2 aromatic carbocycles. The Morgan fingerprint density at radius 3 is 2.18 bits per heavy atom. The summed E-state index contributed by atoms with van der Waals surface area (Å²) in [6, 6.07) is 13.5. The highest BCUT2D eigenvalue weighted by atomic mass is 16.5. The number of urea groups is 1. The van der Waals surface area contributed by atoms with E-state index in [1.54, 1.807) is 40.1 Å². The van der Waals surface area contributed by atoms with Gasteiger partial charge in [0, 0.05) is 31.9 Å². The van der Waals surface area contributed by atoms with Gasteiger partial charge in [-0.3, -0.25) is 4.79 Å². The van der Waals surface area contributed by atoms with Crippen LogP contribution in [0.15, 0.2) is 48.5 Å². The average molecular weight is 383 g/mol. The number of carbonyl (C=O) groups is 2. The van der Waals surface area contributed by atoms with Crippen molar-refractivity contribution in [2.24, 2.45) is 0 Å². The number of hydrogen-bond donors (Lipinski definition) is 2. The normalized spacial score (nSPS) is 14.1. The molecule has 0 aliphatic carbocycles. The predicted molar refractivity (Wildman–Crippen MR) is 107 cm³/mol. The van der Waals surface area contributed by atoms with Crippen molar-refractivity contribution in [3.05, 3.63) is 54.1 Å². The quantitative estimate of drug-likeness (QED) is 0.850. The molecule has 0 bridgehead atoms. The molecule has 0 unspecified atom stereocenters. The van der Waals surface area contributed by atoms with Gasteiger partial charge in [-0.15, -0.1) is 0 Å². The molecule has 0 spiro atoms. The lowest BCUT2D eigenvalue weighted by Gasteiger charge is -2.34. The van der Waals surface area contributed by atoms with Gasteiger partial charge in [0.1, 0.15) is 11.5 Å². The summed E-state index contributed by atoms with van der Waals surface area (Å²) in [4.78, 5) is 28.3. The number of para-hydroxylation sites is 1. The van der Waals surface area contributed by atoms with Crippen molar-refractivity contribution in [2.75, 3.05) is 31.5 Å². The van der Waals surface area contributed by atoms with E-state index in [0.29, 0.717) is 31.9 Å². The topological polar surface area (TPSA) is 82.1 Å². The zero-order valence-corrected chi connectivity index (χ0v) is 16.1. The minimum Gasteiger partial charge on any atom is -0.507 e. The van der Waals surface area contributed by atoms with Gasteiger partial charge in [-0.25, -0.2) is 4.79 Å². The second-order valence-electron chi connectivity index (χ2n) is 6.92. The molecule has 0 atom stereocenters. The fraction of sp³-hybridized carbons (Fsp3) is 0.333. The molecule has 1 fully saturated rings. The molecule has 1 heterocycles. The molecule has 1 saturated heterocycles. The maximum atomic E-state index is 12.5. The van der Waals surface area contributed by atoms with Gasteiger partial charge < -0.3 is 25.0 Å². The number of piperazine rings is 1. The Hall–Kier alpha value is -3.22. The van der Waals surface area contributed by atoms with Crippen LogP contribution in [0.1, 0.15) is 24.2 Å². The first-order valence-electron chi connectivity index (χ1n) is 9.34. The number of carbonyl (C=O) groups excluding carboxylic acids is 2. The minimum atomic E-state index is -0.223. The number of nitrogens with one attached hydrogen (secondary N) is 1. The lowest BCUT2D eigenvalue weighted by atomic mass is 10.1. The number of hydrogen-bond acceptors (Lipinski definition) is 4. The molecule has 0 saturated carbocycles. The number of ether oxygens (including phenoxy) is 1. The van der Waals surface area contributed by atoms with Crippen molar-refractivity contribution in [3.63, 3.8) is 0 Å². The lowest BCUT2D eigenvalue weighted by molar-refractivity contribution is 0.0668. The van der Waals surface area contributed by atoms with Crippen molar-refractivity contribution in [1.29, 1.82) is 0 Å². The number of phenolic OH excluding ortho intramolecular Hbond substituents is 1. The van der Waals surface area contributed by atoms with E-state index in [9.17, 15) is 14.7 Å². The number of aromatic hydroxyl groups is 1. The third-order valence-electron chi connectivity index (χ3n) is 4.47. The first kappa shape index (κ1) is 19.5. The van der Waals surface area contributed by atoms with E-state index in [2.05, 4.69) is 5.32 Å². The number of amides is 3. The van der Waals surface area contributed by atoms with Crippen LogP contribution in [0, 0.1) is 0 Å². The maximum Gasteiger partial charge on any atom is 0.321 e. The Morgan fingerprint density at radius 1 is 0.964 bits per heavy atom. The molecule has 7 heteroatoms. The van der Waals surface area contributed by atoms with Crippen LogP contribution in [0.3, 0.4) is 0 Å². The van der Waals surface area contributed by atoms with Crippen LogP contribution in [0.25, 0.3) is 0 Å². The second kappa shape index (κ2) is 8.65. The molecule has 3 amide bonds. The van der Waals surface area contributed by atoms with Crippen molar-refractivity contribution in [3.8, 4) is 11.5 Å². The summed E-state index contributed by atoms with van der Waals surface area (Å²) in [6.07, 6.45) is 0.0947. The molecule has 2 aromatic rings. The molecule has 2 N–H and O–H groups in total. The third kappa shape index (κ3) is 4.73. The smallest absolute Gasteiger partial charge is 0.321 e. The second-order valence-corrected chi connectivity index (χ2v) is 6.92. The highest BCUT2D eigenvalue weighted by molar-refractivity contribution is 5.97.